The van der Waals surface area contributed by atoms with E-state index >= 15 is 0 Å². The molecule has 2 rings (SSSR count). The van der Waals surface area contributed by atoms with Gasteiger partial charge in [-0.05, 0) is 61.6 Å². The van der Waals surface area contributed by atoms with Crippen LogP contribution < -0.4 is 11.1 Å². The van der Waals surface area contributed by atoms with Crippen LogP contribution in [0.3, 0.4) is 0 Å². The second kappa shape index (κ2) is 15.1. The molecule has 1 heterocycles. The summed E-state index contributed by atoms with van der Waals surface area (Å²) in [6, 6.07) is 6.88. The highest BCUT2D eigenvalue weighted by Gasteiger charge is 2.29. The number of hydrogen-bond donors (Lipinski definition) is 4. The van der Waals surface area contributed by atoms with Gasteiger partial charge in [0.15, 0.2) is 0 Å². The molecule has 0 saturated carbocycles. The zero-order valence-corrected chi connectivity index (χ0v) is 22.0. The number of hydrogen-bond acceptors (Lipinski definition) is 6. The first-order valence-electron chi connectivity index (χ1n) is 13.0. The Morgan fingerprint density at radius 3 is 2.11 bits per heavy atom. The fraction of sp³-hybridized carbons (Fsp3) is 0.500. The van der Waals surface area contributed by atoms with E-state index in [9.17, 15) is 24.6 Å². The first-order valence-corrected chi connectivity index (χ1v) is 13.0. The SMILES string of the molecule is CCCCC(O)C(O)C(Cc1ccncc1)NC(=O)c1cc(C(N)=O)cc(C(=O)N(CCC)CCC)c1. The summed E-state index contributed by atoms with van der Waals surface area (Å²) in [5, 5.41) is 24.3. The van der Waals surface area contributed by atoms with Gasteiger partial charge in [0.2, 0.25) is 5.91 Å². The van der Waals surface area contributed by atoms with Crippen molar-refractivity contribution < 1.29 is 24.6 Å². The van der Waals surface area contributed by atoms with E-state index in [1.54, 1.807) is 29.4 Å². The maximum atomic E-state index is 13.4. The standard InChI is InChI=1S/C28H40N4O5/c1-4-7-8-24(33)25(34)23(15-19-9-11-30-12-10-19)31-27(36)21-16-20(26(29)35)17-22(18-21)28(37)32(13-5-2)14-6-3/h9-12,16-18,23-25,33-34H,4-8,13-15H2,1-3H3,(H2,29,35)(H,31,36). The Labute approximate surface area is 219 Å². The molecule has 3 amide bonds. The van der Waals surface area contributed by atoms with Crippen LogP contribution in [0.2, 0.25) is 0 Å². The van der Waals surface area contributed by atoms with Crippen molar-refractivity contribution in [3.05, 3.63) is 65.0 Å². The highest BCUT2D eigenvalue weighted by Crippen LogP contribution is 2.17. The molecule has 0 radical (unpaired) electrons. The Morgan fingerprint density at radius 1 is 0.946 bits per heavy atom. The van der Waals surface area contributed by atoms with E-state index in [1.807, 2.05) is 20.8 Å². The highest BCUT2D eigenvalue weighted by atomic mass is 16.3. The molecule has 2 aromatic rings. The third-order valence-corrected chi connectivity index (χ3v) is 6.18. The molecule has 0 spiro atoms. The molecule has 5 N–H and O–H groups in total. The summed E-state index contributed by atoms with van der Waals surface area (Å²) < 4.78 is 0. The number of nitrogens with zero attached hydrogens (tertiary/aromatic N) is 2. The second-order valence-corrected chi connectivity index (χ2v) is 9.30. The molecule has 0 aliphatic carbocycles. The van der Waals surface area contributed by atoms with Gasteiger partial charge >= 0.3 is 0 Å². The van der Waals surface area contributed by atoms with Crippen LogP contribution in [0.5, 0.6) is 0 Å². The minimum absolute atomic E-state index is 0.0400. The van der Waals surface area contributed by atoms with Gasteiger partial charge in [0.25, 0.3) is 11.8 Å². The number of nitrogens with one attached hydrogen (secondary N) is 1. The predicted molar refractivity (Wildman–Crippen MR) is 142 cm³/mol. The number of benzene rings is 1. The number of aliphatic hydroxyl groups excluding tert-OH is 2. The number of nitrogens with two attached hydrogens (primary N) is 1. The van der Waals surface area contributed by atoms with Crippen LogP contribution in [-0.4, -0.2) is 69.2 Å². The van der Waals surface area contributed by atoms with Crippen LogP contribution in [0, 0.1) is 0 Å². The minimum Gasteiger partial charge on any atom is -0.390 e. The molecule has 9 nitrogen and oxygen atoms in total. The molecule has 37 heavy (non-hydrogen) atoms. The normalized spacial score (nSPS) is 13.4. The van der Waals surface area contributed by atoms with Gasteiger partial charge in [0, 0.05) is 42.2 Å². The lowest BCUT2D eigenvalue weighted by molar-refractivity contribution is -0.00814. The molecule has 0 saturated heterocycles. The quantitative estimate of drug-likeness (QED) is 0.289. The van der Waals surface area contributed by atoms with Gasteiger partial charge in [-0.15, -0.1) is 0 Å². The van der Waals surface area contributed by atoms with Crippen molar-refractivity contribution in [3.8, 4) is 0 Å². The van der Waals surface area contributed by atoms with Gasteiger partial charge < -0.3 is 26.2 Å². The third-order valence-electron chi connectivity index (χ3n) is 6.18. The van der Waals surface area contributed by atoms with E-state index in [0.29, 0.717) is 19.5 Å². The molecule has 0 aliphatic heterocycles. The maximum Gasteiger partial charge on any atom is 0.253 e. The van der Waals surface area contributed by atoms with E-state index in [2.05, 4.69) is 10.3 Å². The number of pyridine rings is 1. The number of amides is 3. The summed E-state index contributed by atoms with van der Waals surface area (Å²) in [5.41, 5.74) is 6.63. The number of carbonyl (C=O) groups excluding carboxylic acids is 3. The van der Waals surface area contributed by atoms with Crippen LogP contribution in [0.1, 0.15) is 89.5 Å². The Morgan fingerprint density at radius 2 is 1.54 bits per heavy atom. The van der Waals surface area contributed by atoms with E-state index in [-0.39, 0.29) is 29.0 Å². The number of carbonyl (C=O) groups is 3. The van der Waals surface area contributed by atoms with E-state index in [0.717, 1.165) is 31.2 Å². The topological polar surface area (TPSA) is 146 Å². The molecule has 9 heteroatoms. The van der Waals surface area contributed by atoms with Crippen molar-refractivity contribution in [1.82, 2.24) is 15.2 Å². The van der Waals surface area contributed by atoms with Crippen LogP contribution in [-0.2, 0) is 6.42 Å². The smallest absolute Gasteiger partial charge is 0.253 e. The number of aromatic nitrogens is 1. The zero-order chi connectivity index (χ0) is 27.4. The molecule has 0 aliphatic rings. The highest BCUT2D eigenvalue weighted by molar-refractivity contribution is 6.04. The lowest BCUT2D eigenvalue weighted by atomic mass is 9.95. The van der Waals surface area contributed by atoms with E-state index in [4.69, 9.17) is 5.73 Å². The third kappa shape index (κ3) is 8.94. The van der Waals surface area contributed by atoms with Crippen molar-refractivity contribution in [2.24, 2.45) is 5.73 Å². The maximum absolute atomic E-state index is 13.4. The van der Waals surface area contributed by atoms with Gasteiger partial charge in [-0.1, -0.05) is 33.6 Å². The number of rotatable bonds is 15. The molecule has 3 unspecified atom stereocenters. The molecule has 1 aromatic carbocycles. The molecule has 202 valence electrons. The van der Waals surface area contributed by atoms with Crippen LogP contribution in [0.25, 0.3) is 0 Å². The number of aliphatic hydroxyl groups is 2. The molecule has 0 fully saturated rings. The van der Waals surface area contributed by atoms with E-state index in [1.165, 1.54) is 18.2 Å². The van der Waals surface area contributed by atoms with Crippen molar-refractivity contribution >= 4 is 17.7 Å². The summed E-state index contributed by atoms with van der Waals surface area (Å²) in [4.78, 5) is 44.3. The molecule has 1 aromatic heterocycles. The zero-order valence-electron chi connectivity index (χ0n) is 22.0. The second-order valence-electron chi connectivity index (χ2n) is 9.30. The predicted octanol–water partition coefficient (Wildman–Crippen LogP) is 2.70. The lowest BCUT2D eigenvalue weighted by Crippen LogP contribution is -2.50. The first-order chi connectivity index (χ1) is 17.7. The Bertz CT molecular complexity index is 1020. The summed E-state index contributed by atoms with van der Waals surface area (Å²) >= 11 is 0. The Kier molecular flexibility index (Phi) is 12.2. The fourth-order valence-electron chi connectivity index (χ4n) is 4.20. The van der Waals surface area contributed by atoms with Gasteiger partial charge in [-0.25, -0.2) is 0 Å². The van der Waals surface area contributed by atoms with Crippen molar-refractivity contribution in [1.29, 1.82) is 0 Å². The Balaban J connectivity index is 2.38. The minimum atomic E-state index is -1.23. The van der Waals surface area contributed by atoms with Crippen molar-refractivity contribution in [2.45, 2.75) is 77.5 Å². The number of unbranched alkanes of at least 4 members (excludes halogenated alkanes) is 1. The fourth-order valence-corrected chi connectivity index (χ4v) is 4.20. The van der Waals surface area contributed by atoms with Crippen LogP contribution in [0.15, 0.2) is 42.7 Å². The monoisotopic (exact) mass is 512 g/mol. The molecular weight excluding hydrogens is 472 g/mol. The van der Waals surface area contributed by atoms with Crippen LogP contribution >= 0.6 is 0 Å². The van der Waals surface area contributed by atoms with Crippen LogP contribution in [0.4, 0.5) is 0 Å². The summed E-state index contributed by atoms with van der Waals surface area (Å²) in [6.07, 6.45) is 4.73. The average molecular weight is 513 g/mol. The molecular formula is C28H40N4O5. The largest absolute Gasteiger partial charge is 0.390 e. The summed E-state index contributed by atoms with van der Waals surface area (Å²) in [6.45, 7) is 7.02. The molecule has 3 atom stereocenters. The van der Waals surface area contributed by atoms with Gasteiger partial charge in [0.1, 0.15) is 6.10 Å². The van der Waals surface area contributed by atoms with Gasteiger partial charge in [-0.3, -0.25) is 19.4 Å². The van der Waals surface area contributed by atoms with Crippen molar-refractivity contribution in [2.75, 3.05) is 13.1 Å². The van der Waals surface area contributed by atoms with Crippen molar-refractivity contribution in [3.63, 3.8) is 0 Å². The van der Waals surface area contributed by atoms with E-state index < -0.39 is 30.1 Å². The van der Waals surface area contributed by atoms with Gasteiger partial charge in [0.05, 0.1) is 12.1 Å². The molecule has 0 bridgehead atoms. The average Bonchev–Trinajstić information content (AvgIpc) is 2.90. The van der Waals surface area contributed by atoms with Gasteiger partial charge in [-0.2, -0.15) is 0 Å². The summed E-state index contributed by atoms with van der Waals surface area (Å²) in [7, 11) is 0. The Hall–Kier alpha value is -3.30. The lowest BCUT2D eigenvalue weighted by Gasteiger charge is -2.28. The summed E-state index contributed by atoms with van der Waals surface area (Å²) in [5.74, 6) is -1.63. The number of primary amides is 1. The first kappa shape index (κ1) is 29.9.